The molecule has 82 valence electrons. The van der Waals surface area contributed by atoms with Gasteiger partial charge in [0.25, 0.3) is 0 Å². The topological polar surface area (TPSA) is 29.5 Å². The van der Waals surface area contributed by atoms with Gasteiger partial charge in [-0.3, -0.25) is 0 Å². The van der Waals surface area contributed by atoms with Gasteiger partial charge in [-0.15, -0.1) is 0 Å². The van der Waals surface area contributed by atoms with Gasteiger partial charge in [0, 0.05) is 0 Å². The Morgan fingerprint density at radius 2 is 2.13 bits per heavy atom. The molecular weight excluding hydrogens is 188 g/mol. The van der Waals surface area contributed by atoms with E-state index in [1.54, 1.807) is 7.11 Å². The molecule has 0 amide bonds. The number of rotatable bonds is 4. The SMILES string of the molecule is COc1cccc(C(O)C(C)C2CC2)c1. The molecule has 1 fully saturated rings. The van der Waals surface area contributed by atoms with Gasteiger partial charge in [0.1, 0.15) is 5.75 Å². The number of hydrogen-bond donors (Lipinski definition) is 1. The van der Waals surface area contributed by atoms with Crippen LogP contribution in [0.3, 0.4) is 0 Å². The molecule has 0 aliphatic heterocycles. The second-order valence-electron chi connectivity index (χ2n) is 4.42. The van der Waals surface area contributed by atoms with Crippen LogP contribution in [0.5, 0.6) is 5.75 Å². The van der Waals surface area contributed by atoms with Crippen LogP contribution in [0.25, 0.3) is 0 Å². The van der Waals surface area contributed by atoms with Gasteiger partial charge in [-0.05, 0) is 42.4 Å². The number of ether oxygens (including phenoxy) is 1. The summed E-state index contributed by atoms with van der Waals surface area (Å²) in [5, 5.41) is 10.2. The molecule has 0 saturated heterocycles. The van der Waals surface area contributed by atoms with Gasteiger partial charge in [0.15, 0.2) is 0 Å². The van der Waals surface area contributed by atoms with Crippen molar-refractivity contribution in [3.8, 4) is 5.75 Å². The Labute approximate surface area is 90.9 Å². The van der Waals surface area contributed by atoms with E-state index < -0.39 is 0 Å². The molecule has 2 atom stereocenters. The van der Waals surface area contributed by atoms with Crippen molar-refractivity contribution < 1.29 is 9.84 Å². The molecule has 1 aliphatic rings. The zero-order chi connectivity index (χ0) is 10.8. The second kappa shape index (κ2) is 4.23. The third-order valence-corrected chi connectivity index (χ3v) is 3.30. The van der Waals surface area contributed by atoms with Gasteiger partial charge in [0.05, 0.1) is 13.2 Å². The van der Waals surface area contributed by atoms with Gasteiger partial charge in [-0.2, -0.15) is 0 Å². The number of aliphatic hydroxyl groups excluding tert-OH is 1. The molecule has 1 saturated carbocycles. The van der Waals surface area contributed by atoms with Crippen LogP contribution in [0.4, 0.5) is 0 Å². The molecule has 0 bridgehead atoms. The van der Waals surface area contributed by atoms with Crippen LogP contribution in [-0.2, 0) is 0 Å². The van der Waals surface area contributed by atoms with Crippen LogP contribution < -0.4 is 4.74 Å². The highest BCUT2D eigenvalue weighted by atomic mass is 16.5. The first-order valence-corrected chi connectivity index (χ1v) is 5.54. The first-order valence-electron chi connectivity index (χ1n) is 5.54. The average Bonchev–Trinajstić information content (AvgIpc) is 3.11. The number of benzene rings is 1. The Kier molecular flexibility index (Phi) is 2.96. The number of methoxy groups -OCH3 is 1. The van der Waals surface area contributed by atoms with E-state index in [2.05, 4.69) is 6.92 Å². The Hall–Kier alpha value is -1.02. The molecule has 0 heterocycles. The highest BCUT2D eigenvalue weighted by molar-refractivity contribution is 5.30. The van der Waals surface area contributed by atoms with Crippen molar-refractivity contribution in [3.05, 3.63) is 29.8 Å². The molecule has 0 aromatic heterocycles. The molecule has 2 unspecified atom stereocenters. The summed E-state index contributed by atoms with van der Waals surface area (Å²) < 4.78 is 5.15. The van der Waals surface area contributed by atoms with Crippen molar-refractivity contribution in [1.82, 2.24) is 0 Å². The van der Waals surface area contributed by atoms with Crippen LogP contribution in [0, 0.1) is 11.8 Å². The molecule has 1 aromatic carbocycles. The Morgan fingerprint density at radius 1 is 1.40 bits per heavy atom. The maximum Gasteiger partial charge on any atom is 0.119 e. The van der Waals surface area contributed by atoms with E-state index >= 15 is 0 Å². The predicted molar refractivity (Wildman–Crippen MR) is 59.8 cm³/mol. The largest absolute Gasteiger partial charge is 0.497 e. The van der Waals surface area contributed by atoms with E-state index in [9.17, 15) is 5.11 Å². The third kappa shape index (κ3) is 2.32. The summed E-state index contributed by atoms with van der Waals surface area (Å²) in [6.07, 6.45) is 2.18. The Bertz CT molecular complexity index is 331. The van der Waals surface area contributed by atoms with Crippen molar-refractivity contribution in [2.75, 3.05) is 7.11 Å². The van der Waals surface area contributed by atoms with Crippen LogP contribution in [0.2, 0.25) is 0 Å². The van der Waals surface area contributed by atoms with E-state index in [-0.39, 0.29) is 6.10 Å². The normalized spacial score (nSPS) is 19.7. The summed E-state index contributed by atoms with van der Waals surface area (Å²) in [4.78, 5) is 0. The predicted octanol–water partition coefficient (Wildman–Crippen LogP) is 2.77. The Morgan fingerprint density at radius 3 is 2.73 bits per heavy atom. The minimum absolute atomic E-state index is 0.354. The van der Waals surface area contributed by atoms with Crippen LogP contribution in [-0.4, -0.2) is 12.2 Å². The lowest BCUT2D eigenvalue weighted by Gasteiger charge is -2.19. The maximum absolute atomic E-state index is 10.2. The van der Waals surface area contributed by atoms with Crippen LogP contribution in [0.15, 0.2) is 24.3 Å². The van der Waals surface area contributed by atoms with Gasteiger partial charge >= 0.3 is 0 Å². The molecule has 2 nitrogen and oxygen atoms in total. The molecule has 15 heavy (non-hydrogen) atoms. The summed E-state index contributed by atoms with van der Waals surface area (Å²) in [6, 6.07) is 7.71. The highest BCUT2D eigenvalue weighted by Crippen LogP contribution is 2.42. The molecule has 1 N–H and O–H groups in total. The van der Waals surface area contributed by atoms with Crippen molar-refractivity contribution in [2.24, 2.45) is 11.8 Å². The Balaban J connectivity index is 2.12. The van der Waals surface area contributed by atoms with E-state index in [1.165, 1.54) is 12.8 Å². The van der Waals surface area contributed by atoms with Gasteiger partial charge < -0.3 is 9.84 Å². The fourth-order valence-corrected chi connectivity index (χ4v) is 2.01. The van der Waals surface area contributed by atoms with Crippen molar-refractivity contribution in [3.63, 3.8) is 0 Å². The monoisotopic (exact) mass is 206 g/mol. The third-order valence-electron chi connectivity index (χ3n) is 3.30. The lowest BCUT2D eigenvalue weighted by atomic mass is 9.93. The number of hydrogen-bond acceptors (Lipinski definition) is 2. The van der Waals surface area contributed by atoms with Gasteiger partial charge in [-0.25, -0.2) is 0 Å². The second-order valence-corrected chi connectivity index (χ2v) is 4.42. The molecule has 1 aliphatic carbocycles. The fraction of sp³-hybridized carbons (Fsp3) is 0.538. The lowest BCUT2D eigenvalue weighted by Crippen LogP contribution is -2.11. The quantitative estimate of drug-likeness (QED) is 0.820. The minimum atomic E-state index is -0.354. The van der Waals surface area contributed by atoms with E-state index in [1.807, 2.05) is 24.3 Å². The summed E-state index contributed by atoms with van der Waals surface area (Å²) in [7, 11) is 1.65. The zero-order valence-corrected chi connectivity index (χ0v) is 9.31. The van der Waals surface area contributed by atoms with E-state index in [4.69, 9.17) is 4.74 Å². The summed E-state index contributed by atoms with van der Waals surface area (Å²) >= 11 is 0. The average molecular weight is 206 g/mol. The van der Waals surface area contributed by atoms with E-state index in [0.717, 1.165) is 11.3 Å². The molecular formula is C13H18O2. The highest BCUT2D eigenvalue weighted by Gasteiger charge is 2.33. The summed E-state index contributed by atoms with van der Waals surface area (Å²) in [5.41, 5.74) is 0.966. The number of aliphatic hydroxyl groups is 1. The van der Waals surface area contributed by atoms with Crippen LogP contribution in [0.1, 0.15) is 31.4 Å². The fourth-order valence-electron chi connectivity index (χ4n) is 2.01. The van der Waals surface area contributed by atoms with Crippen molar-refractivity contribution in [1.29, 1.82) is 0 Å². The molecule has 1 aromatic rings. The van der Waals surface area contributed by atoms with Gasteiger partial charge in [0.2, 0.25) is 0 Å². The van der Waals surface area contributed by atoms with Crippen molar-refractivity contribution in [2.45, 2.75) is 25.9 Å². The summed E-state index contributed by atoms with van der Waals surface area (Å²) in [6.45, 7) is 2.13. The molecule has 2 rings (SSSR count). The van der Waals surface area contributed by atoms with E-state index in [0.29, 0.717) is 11.8 Å². The minimum Gasteiger partial charge on any atom is -0.497 e. The first kappa shape index (κ1) is 10.5. The summed E-state index contributed by atoms with van der Waals surface area (Å²) in [5.74, 6) is 1.89. The molecule has 0 radical (unpaired) electrons. The molecule has 0 spiro atoms. The van der Waals surface area contributed by atoms with Crippen LogP contribution >= 0.6 is 0 Å². The molecule has 2 heteroatoms. The lowest BCUT2D eigenvalue weighted by molar-refractivity contribution is 0.105. The smallest absolute Gasteiger partial charge is 0.119 e. The standard InChI is InChI=1S/C13H18O2/c1-9(10-6-7-10)13(14)11-4-3-5-12(8-11)15-2/h3-5,8-10,13-14H,6-7H2,1-2H3. The van der Waals surface area contributed by atoms with Gasteiger partial charge in [-0.1, -0.05) is 19.1 Å². The zero-order valence-electron chi connectivity index (χ0n) is 9.31. The van der Waals surface area contributed by atoms with Crippen molar-refractivity contribution >= 4 is 0 Å². The first-order chi connectivity index (χ1) is 7.22. The maximum atomic E-state index is 10.2.